The molecule has 2 aromatic rings. The normalized spacial score (nSPS) is 12.6. The number of benzene rings is 2. The van der Waals surface area contributed by atoms with Gasteiger partial charge in [0.15, 0.2) is 0 Å². The molecule has 2 aromatic carbocycles. The van der Waals surface area contributed by atoms with Crippen molar-refractivity contribution < 1.29 is 4.74 Å². The fraction of sp³-hybridized carbons (Fsp3) is 0.143. The highest BCUT2D eigenvalue weighted by Crippen LogP contribution is 2.38. The summed E-state index contributed by atoms with van der Waals surface area (Å²) in [5.74, 6) is 0.886. The van der Waals surface area contributed by atoms with E-state index in [1.807, 2.05) is 18.2 Å². The first-order valence-corrected chi connectivity index (χ1v) is 5.36. The van der Waals surface area contributed by atoms with Crippen LogP contribution in [0.2, 0.25) is 0 Å². The zero-order chi connectivity index (χ0) is 11.1. The minimum absolute atomic E-state index is 0.632. The van der Waals surface area contributed by atoms with Gasteiger partial charge in [0.05, 0.1) is 0 Å². The highest BCUT2D eigenvalue weighted by Gasteiger charge is 2.16. The highest BCUT2D eigenvalue weighted by atomic mass is 16.5. The molecule has 0 aliphatic carbocycles. The summed E-state index contributed by atoms with van der Waals surface area (Å²) >= 11 is 0. The molecule has 16 heavy (non-hydrogen) atoms. The van der Waals surface area contributed by atoms with E-state index in [1.165, 1.54) is 16.7 Å². The Morgan fingerprint density at radius 2 is 1.88 bits per heavy atom. The molecule has 0 radical (unpaired) electrons. The van der Waals surface area contributed by atoms with E-state index in [2.05, 4.69) is 25.1 Å². The number of hydrogen-bond acceptors (Lipinski definition) is 2. The summed E-state index contributed by atoms with van der Waals surface area (Å²) in [6.07, 6.45) is 0. The molecule has 3 rings (SSSR count). The lowest BCUT2D eigenvalue weighted by Crippen LogP contribution is -2.06. The fourth-order valence-electron chi connectivity index (χ4n) is 2.14. The quantitative estimate of drug-likeness (QED) is 0.679. The zero-order valence-corrected chi connectivity index (χ0v) is 9.16. The number of aryl methyl sites for hydroxylation is 1. The molecule has 1 aliphatic heterocycles. The van der Waals surface area contributed by atoms with Gasteiger partial charge in [0.1, 0.15) is 12.4 Å². The van der Waals surface area contributed by atoms with Crippen molar-refractivity contribution in [1.29, 1.82) is 0 Å². The third-order valence-electron chi connectivity index (χ3n) is 2.94. The fourth-order valence-corrected chi connectivity index (χ4v) is 2.14. The minimum atomic E-state index is 0.632. The lowest BCUT2D eigenvalue weighted by Gasteiger charge is -2.21. The van der Waals surface area contributed by atoms with Crippen LogP contribution in [0.5, 0.6) is 5.75 Å². The van der Waals surface area contributed by atoms with E-state index in [1.54, 1.807) is 0 Å². The van der Waals surface area contributed by atoms with E-state index in [4.69, 9.17) is 10.5 Å². The predicted molar refractivity (Wildman–Crippen MR) is 65.4 cm³/mol. The van der Waals surface area contributed by atoms with Gasteiger partial charge in [-0.3, -0.25) is 0 Å². The van der Waals surface area contributed by atoms with Crippen LogP contribution in [0, 0.1) is 6.92 Å². The number of nitrogen functional groups attached to an aromatic ring is 1. The summed E-state index contributed by atoms with van der Waals surface area (Å²) in [6.45, 7) is 2.73. The first-order valence-electron chi connectivity index (χ1n) is 5.36. The second-order valence-corrected chi connectivity index (χ2v) is 4.20. The lowest BCUT2D eigenvalue weighted by molar-refractivity contribution is 0.302. The van der Waals surface area contributed by atoms with Crippen molar-refractivity contribution in [3.63, 3.8) is 0 Å². The maximum absolute atomic E-state index is 5.75. The Bertz CT molecular complexity index is 509. The molecule has 0 bridgehead atoms. The van der Waals surface area contributed by atoms with Crippen LogP contribution in [0.25, 0.3) is 11.1 Å². The van der Waals surface area contributed by atoms with Gasteiger partial charge in [-0.2, -0.15) is 0 Å². The van der Waals surface area contributed by atoms with Crippen molar-refractivity contribution in [3.05, 3.63) is 47.5 Å². The Balaban J connectivity index is 2.23. The van der Waals surface area contributed by atoms with E-state index in [0.29, 0.717) is 6.61 Å². The molecule has 0 saturated carbocycles. The van der Waals surface area contributed by atoms with Gasteiger partial charge in [-0.05, 0) is 30.2 Å². The first-order chi connectivity index (χ1) is 7.74. The molecule has 2 heteroatoms. The van der Waals surface area contributed by atoms with E-state index in [9.17, 15) is 0 Å². The summed E-state index contributed by atoms with van der Waals surface area (Å²) in [4.78, 5) is 0. The number of rotatable bonds is 0. The highest BCUT2D eigenvalue weighted by molar-refractivity contribution is 5.77. The van der Waals surface area contributed by atoms with E-state index >= 15 is 0 Å². The van der Waals surface area contributed by atoms with Crippen LogP contribution < -0.4 is 10.5 Å². The second-order valence-electron chi connectivity index (χ2n) is 4.20. The van der Waals surface area contributed by atoms with Gasteiger partial charge in [0.2, 0.25) is 0 Å². The van der Waals surface area contributed by atoms with Gasteiger partial charge in [0, 0.05) is 17.3 Å². The standard InChI is InChI=1S/C14H13NO/c1-9-2-4-12-10(6-9)8-16-14-7-11(15)3-5-13(12)14/h2-7H,8,15H2,1H3. The van der Waals surface area contributed by atoms with Crippen molar-refractivity contribution in [3.8, 4) is 16.9 Å². The van der Waals surface area contributed by atoms with Crippen LogP contribution in [0.3, 0.4) is 0 Å². The molecule has 1 heterocycles. The van der Waals surface area contributed by atoms with Crippen molar-refractivity contribution >= 4 is 5.69 Å². The molecule has 0 atom stereocenters. The monoisotopic (exact) mass is 211 g/mol. The predicted octanol–water partition coefficient (Wildman–Crippen LogP) is 3.14. The van der Waals surface area contributed by atoms with Crippen molar-refractivity contribution in [2.75, 3.05) is 5.73 Å². The van der Waals surface area contributed by atoms with Gasteiger partial charge in [-0.15, -0.1) is 0 Å². The van der Waals surface area contributed by atoms with Crippen LogP contribution in [0.1, 0.15) is 11.1 Å². The largest absolute Gasteiger partial charge is 0.488 e. The maximum atomic E-state index is 5.75. The lowest BCUT2D eigenvalue weighted by atomic mass is 9.95. The molecule has 2 nitrogen and oxygen atoms in total. The molecular weight excluding hydrogens is 198 g/mol. The zero-order valence-electron chi connectivity index (χ0n) is 9.16. The third-order valence-corrected chi connectivity index (χ3v) is 2.94. The van der Waals surface area contributed by atoms with E-state index in [-0.39, 0.29) is 0 Å². The molecule has 0 amide bonds. The van der Waals surface area contributed by atoms with Gasteiger partial charge < -0.3 is 10.5 Å². The Morgan fingerprint density at radius 3 is 2.75 bits per heavy atom. The van der Waals surface area contributed by atoms with Crippen molar-refractivity contribution in [2.45, 2.75) is 13.5 Å². The van der Waals surface area contributed by atoms with Gasteiger partial charge in [0.25, 0.3) is 0 Å². The van der Waals surface area contributed by atoms with Crippen LogP contribution in [-0.2, 0) is 6.61 Å². The second kappa shape index (κ2) is 3.27. The van der Waals surface area contributed by atoms with Crippen LogP contribution in [0.15, 0.2) is 36.4 Å². The Labute approximate surface area is 94.7 Å². The van der Waals surface area contributed by atoms with E-state index in [0.717, 1.165) is 17.0 Å². The number of ether oxygens (including phenoxy) is 1. The average Bonchev–Trinajstić information content (AvgIpc) is 2.28. The molecule has 80 valence electrons. The van der Waals surface area contributed by atoms with E-state index < -0.39 is 0 Å². The average molecular weight is 211 g/mol. The minimum Gasteiger partial charge on any atom is -0.488 e. The number of nitrogens with two attached hydrogens (primary N) is 1. The van der Waals surface area contributed by atoms with Gasteiger partial charge in [-0.25, -0.2) is 0 Å². The summed E-state index contributed by atoms with van der Waals surface area (Å²) in [6, 6.07) is 12.3. The van der Waals surface area contributed by atoms with Crippen molar-refractivity contribution in [1.82, 2.24) is 0 Å². The Hall–Kier alpha value is -1.96. The molecule has 0 spiro atoms. The SMILES string of the molecule is Cc1ccc2c(c1)COc1cc(N)ccc1-2. The maximum Gasteiger partial charge on any atom is 0.129 e. The number of hydrogen-bond donors (Lipinski definition) is 1. The van der Waals surface area contributed by atoms with Crippen LogP contribution >= 0.6 is 0 Å². The number of anilines is 1. The topological polar surface area (TPSA) is 35.2 Å². The summed E-state index contributed by atoms with van der Waals surface area (Å²) < 4.78 is 5.71. The number of fused-ring (bicyclic) bond motifs is 3. The smallest absolute Gasteiger partial charge is 0.129 e. The summed E-state index contributed by atoms with van der Waals surface area (Å²) in [5, 5.41) is 0. The molecule has 0 saturated heterocycles. The molecule has 2 N–H and O–H groups in total. The molecule has 0 fully saturated rings. The first kappa shape index (κ1) is 9.28. The van der Waals surface area contributed by atoms with Crippen molar-refractivity contribution in [2.24, 2.45) is 0 Å². The Kier molecular flexibility index (Phi) is 1.90. The molecule has 0 aromatic heterocycles. The summed E-state index contributed by atoms with van der Waals surface area (Å²) in [7, 11) is 0. The Morgan fingerprint density at radius 1 is 1.06 bits per heavy atom. The molecule has 1 aliphatic rings. The molecular formula is C14H13NO. The summed E-state index contributed by atoms with van der Waals surface area (Å²) in [5.41, 5.74) is 11.4. The third kappa shape index (κ3) is 1.34. The molecule has 0 unspecified atom stereocenters. The van der Waals surface area contributed by atoms with Crippen LogP contribution in [0.4, 0.5) is 5.69 Å². The van der Waals surface area contributed by atoms with Gasteiger partial charge >= 0.3 is 0 Å². The van der Waals surface area contributed by atoms with Crippen LogP contribution in [-0.4, -0.2) is 0 Å². The van der Waals surface area contributed by atoms with Gasteiger partial charge in [-0.1, -0.05) is 23.8 Å².